The van der Waals surface area contributed by atoms with Crippen molar-refractivity contribution in [2.24, 2.45) is 0 Å². The van der Waals surface area contributed by atoms with Crippen LogP contribution in [0.3, 0.4) is 0 Å². The van der Waals surface area contributed by atoms with Gasteiger partial charge in [0.25, 0.3) is 0 Å². The number of nitrogens with zero attached hydrogens (tertiary/aromatic N) is 3. The molecule has 2 aromatic rings. The summed E-state index contributed by atoms with van der Waals surface area (Å²) in [6, 6.07) is 9.51. The second kappa shape index (κ2) is 5.46. The van der Waals surface area contributed by atoms with E-state index in [9.17, 15) is 4.79 Å². The normalized spacial score (nSPS) is 18.9. The van der Waals surface area contributed by atoms with Crippen molar-refractivity contribution in [2.45, 2.75) is 18.3 Å². The third-order valence-electron chi connectivity index (χ3n) is 4.73. The Kier molecular flexibility index (Phi) is 3.54. The molecular weight excluding hydrogens is 380 g/mol. The molecular formula is C16H14BrClN4O. The summed E-state index contributed by atoms with van der Waals surface area (Å²) in [6.45, 7) is 1.51. The van der Waals surface area contributed by atoms with Crippen molar-refractivity contribution in [3.05, 3.63) is 45.5 Å². The van der Waals surface area contributed by atoms with Crippen molar-refractivity contribution in [3.63, 3.8) is 0 Å². The zero-order chi connectivity index (χ0) is 16.0. The summed E-state index contributed by atoms with van der Waals surface area (Å²) in [6.07, 6.45) is 1.50. The summed E-state index contributed by atoms with van der Waals surface area (Å²) in [5.74, 6) is 0.899. The molecule has 1 N–H and O–H groups in total. The van der Waals surface area contributed by atoms with E-state index in [1.807, 2.05) is 24.3 Å². The van der Waals surface area contributed by atoms with Crippen LogP contribution in [0.5, 0.6) is 0 Å². The Morgan fingerprint density at radius 1 is 1.17 bits per heavy atom. The highest BCUT2D eigenvalue weighted by atomic mass is 79.9. The predicted octanol–water partition coefficient (Wildman–Crippen LogP) is 3.38. The lowest BCUT2D eigenvalue weighted by Gasteiger charge is -2.38. The van der Waals surface area contributed by atoms with Gasteiger partial charge in [-0.05, 0) is 37.1 Å². The Morgan fingerprint density at radius 3 is 2.65 bits per heavy atom. The number of fused-ring (bicyclic) bond motifs is 2. The maximum Gasteiger partial charge on any atom is 0.235 e. The first-order valence-corrected chi connectivity index (χ1v) is 8.62. The Bertz CT molecular complexity index is 772. The predicted molar refractivity (Wildman–Crippen MR) is 92.9 cm³/mol. The molecule has 0 bridgehead atoms. The lowest BCUT2D eigenvalue weighted by Crippen LogP contribution is -2.47. The molecule has 0 saturated carbocycles. The molecule has 0 radical (unpaired) electrons. The van der Waals surface area contributed by atoms with E-state index in [1.54, 1.807) is 6.07 Å². The molecule has 23 heavy (non-hydrogen) atoms. The summed E-state index contributed by atoms with van der Waals surface area (Å²) in [5, 5.41) is 11.4. The van der Waals surface area contributed by atoms with Crippen LogP contribution in [-0.4, -0.2) is 29.2 Å². The average molecular weight is 394 g/mol. The van der Waals surface area contributed by atoms with Crippen LogP contribution in [0.25, 0.3) is 0 Å². The first-order valence-electron chi connectivity index (χ1n) is 7.45. The quantitative estimate of drug-likeness (QED) is 0.807. The van der Waals surface area contributed by atoms with Crippen molar-refractivity contribution in [3.8, 4) is 0 Å². The van der Waals surface area contributed by atoms with E-state index < -0.39 is 5.41 Å². The minimum Gasteiger partial charge on any atom is -0.355 e. The van der Waals surface area contributed by atoms with Gasteiger partial charge in [-0.1, -0.05) is 33.6 Å². The fourth-order valence-corrected chi connectivity index (χ4v) is 4.39. The Morgan fingerprint density at radius 2 is 1.96 bits per heavy atom. The zero-order valence-corrected chi connectivity index (χ0v) is 14.6. The highest BCUT2D eigenvalue weighted by Crippen LogP contribution is 2.48. The Labute approximate surface area is 147 Å². The fraction of sp³-hybridized carbons (Fsp3) is 0.312. The van der Waals surface area contributed by atoms with Crippen molar-refractivity contribution < 1.29 is 4.79 Å². The molecule has 1 aromatic carbocycles. The molecule has 1 saturated heterocycles. The van der Waals surface area contributed by atoms with Crippen LogP contribution in [-0.2, 0) is 10.2 Å². The molecule has 1 fully saturated rings. The molecule has 0 atom stereocenters. The van der Waals surface area contributed by atoms with Gasteiger partial charge in [0.05, 0.1) is 5.41 Å². The molecule has 0 unspecified atom stereocenters. The van der Waals surface area contributed by atoms with Crippen LogP contribution < -0.4 is 10.2 Å². The number of aromatic nitrogens is 2. The molecule has 0 aliphatic carbocycles. The SMILES string of the molecule is O=C1Nc2cccc(Br)c2C12CCN(c1ccc(Cl)nn1)CC2. The first-order chi connectivity index (χ1) is 11.1. The van der Waals surface area contributed by atoms with E-state index in [0.29, 0.717) is 5.15 Å². The molecule has 118 valence electrons. The van der Waals surface area contributed by atoms with E-state index >= 15 is 0 Å². The minimum atomic E-state index is -0.453. The van der Waals surface area contributed by atoms with Crippen LogP contribution in [0.15, 0.2) is 34.8 Å². The maximum atomic E-state index is 12.7. The number of piperidine rings is 1. The molecule has 2 aliphatic rings. The van der Waals surface area contributed by atoms with E-state index in [1.165, 1.54) is 0 Å². The zero-order valence-electron chi connectivity index (χ0n) is 12.2. The maximum absolute atomic E-state index is 12.7. The van der Waals surface area contributed by atoms with E-state index in [2.05, 4.69) is 36.3 Å². The van der Waals surface area contributed by atoms with Crippen molar-refractivity contribution >= 4 is 44.9 Å². The summed E-state index contributed by atoms with van der Waals surface area (Å²) in [7, 11) is 0. The van der Waals surface area contributed by atoms with Crippen molar-refractivity contribution in [1.82, 2.24) is 10.2 Å². The van der Waals surface area contributed by atoms with Gasteiger partial charge in [-0.3, -0.25) is 4.79 Å². The number of carbonyl (C=O) groups is 1. The highest BCUT2D eigenvalue weighted by molar-refractivity contribution is 9.10. The van der Waals surface area contributed by atoms with Gasteiger partial charge in [-0.25, -0.2) is 0 Å². The number of rotatable bonds is 1. The van der Waals surface area contributed by atoms with Gasteiger partial charge in [0.15, 0.2) is 11.0 Å². The highest BCUT2D eigenvalue weighted by Gasteiger charge is 2.49. The second-order valence-electron chi connectivity index (χ2n) is 5.90. The number of nitrogens with one attached hydrogen (secondary N) is 1. The lowest BCUT2D eigenvalue weighted by molar-refractivity contribution is -0.121. The molecule has 1 spiro atoms. The number of anilines is 2. The molecule has 4 rings (SSSR count). The van der Waals surface area contributed by atoms with Crippen LogP contribution in [0.1, 0.15) is 18.4 Å². The minimum absolute atomic E-state index is 0.0984. The van der Waals surface area contributed by atoms with E-state index in [-0.39, 0.29) is 5.91 Å². The summed E-state index contributed by atoms with van der Waals surface area (Å²) >= 11 is 9.40. The standard InChI is InChI=1S/C16H14BrClN4O/c17-10-2-1-3-11-14(10)16(15(23)19-11)6-8-22(9-7-16)13-5-4-12(18)20-21-13/h1-5H,6-9H2,(H,19,23). The Balaban J connectivity index is 1.62. The summed E-state index contributed by atoms with van der Waals surface area (Å²) in [4.78, 5) is 14.8. The molecule has 2 aliphatic heterocycles. The van der Waals surface area contributed by atoms with Gasteiger partial charge in [0.2, 0.25) is 5.91 Å². The molecule has 1 amide bonds. The van der Waals surface area contributed by atoms with Gasteiger partial charge in [0, 0.05) is 28.8 Å². The fourth-order valence-electron chi connectivity index (χ4n) is 3.54. The second-order valence-corrected chi connectivity index (χ2v) is 7.14. The van der Waals surface area contributed by atoms with Crippen LogP contribution in [0.4, 0.5) is 11.5 Å². The number of hydrogen-bond donors (Lipinski definition) is 1. The molecule has 1 aromatic heterocycles. The molecule has 3 heterocycles. The summed E-state index contributed by atoms with van der Waals surface area (Å²) in [5.41, 5.74) is 1.56. The van der Waals surface area contributed by atoms with Crippen molar-refractivity contribution in [1.29, 1.82) is 0 Å². The van der Waals surface area contributed by atoms with Gasteiger partial charge >= 0.3 is 0 Å². The van der Waals surface area contributed by atoms with Crippen LogP contribution in [0.2, 0.25) is 5.15 Å². The Hall–Kier alpha value is -1.66. The van der Waals surface area contributed by atoms with Gasteiger partial charge in [-0.15, -0.1) is 10.2 Å². The topological polar surface area (TPSA) is 58.1 Å². The average Bonchev–Trinajstić information content (AvgIpc) is 2.82. The number of carbonyl (C=O) groups excluding carboxylic acids is 1. The van der Waals surface area contributed by atoms with Gasteiger partial charge in [-0.2, -0.15) is 0 Å². The monoisotopic (exact) mass is 392 g/mol. The number of hydrogen-bond acceptors (Lipinski definition) is 4. The molecule has 5 nitrogen and oxygen atoms in total. The third-order valence-corrected chi connectivity index (χ3v) is 5.60. The third kappa shape index (κ3) is 2.32. The summed E-state index contributed by atoms with van der Waals surface area (Å²) < 4.78 is 0.994. The number of halogens is 2. The number of amides is 1. The van der Waals surface area contributed by atoms with Gasteiger partial charge in [0.1, 0.15) is 0 Å². The number of benzene rings is 1. The molecule has 7 heteroatoms. The van der Waals surface area contributed by atoms with Crippen LogP contribution in [0, 0.1) is 0 Å². The largest absolute Gasteiger partial charge is 0.355 e. The van der Waals surface area contributed by atoms with Crippen LogP contribution >= 0.6 is 27.5 Å². The van der Waals surface area contributed by atoms with E-state index in [4.69, 9.17) is 11.6 Å². The van der Waals surface area contributed by atoms with Crippen molar-refractivity contribution in [2.75, 3.05) is 23.3 Å². The van der Waals surface area contributed by atoms with E-state index in [0.717, 1.165) is 47.5 Å². The van der Waals surface area contributed by atoms with Gasteiger partial charge < -0.3 is 10.2 Å². The first kappa shape index (κ1) is 14.9. The smallest absolute Gasteiger partial charge is 0.235 e. The lowest BCUT2D eigenvalue weighted by atomic mass is 9.73.